The summed E-state index contributed by atoms with van der Waals surface area (Å²) in [6.07, 6.45) is 1.53. The first-order valence-corrected chi connectivity index (χ1v) is 11.9. The van der Waals surface area contributed by atoms with Gasteiger partial charge in [0, 0.05) is 25.2 Å². The number of rotatable bonds is 8. The van der Waals surface area contributed by atoms with Crippen molar-refractivity contribution < 1.29 is 23.9 Å². The molecule has 1 N–H and O–H groups in total. The van der Waals surface area contributed by atoms with Gasteiger partial charge < -0.3 is 14.8 Å². The Labute approximate surface area is 200 Å². The van der Waals surface area contributed by atoms with Crippen LogP contribution in [0.3, 0.4) is 0 Å². The van der Waals surface area contributed by atoms with Gasteiger partial charge in [-0.25, -0.2) is 0 Å². The second-order valence-electron chi connectivity index (χ2n) is 9.28. The van der Waals surface area contributed by atoms with Gasteiger partial charge in [-0.2, -0.15) is 0 Å². The minimum Gasteiger partial charge on any atom is -0.494 e. The fourth-order valence-electron chi connectivity index (χ4n) is 4.94. The first-order chi connectivity index (χ1) is 16.4. The van der Waals surface area contributed by atoms with E-state index in [-0.39, 0.29) is 17.2 Å². The number of hydrogen-bond donors (Lipinski definition) is 1. The van der Waals surface area contributed by atoms with E-state index in [2.05, 4.69) is 5.32 Å². The maximum atomic E-state index is 13.5. The highest BCUT2D eigenvalue weighted by Gasteiger charge is 2.44. The van der Waals surface area contributed by atoms with E-state index in [1.807, 2.05) is 45.0 Å². The van der Waals surface area contributed by atoms with E-state index in [1.165, 1.54) is 0 Å². The highest BCUT2D eigenvalue weighted by Crippen LogP contribution is 2.35. The number of amides is 3. The van der Waals surface area contributed by atoms with Crippen LogP contribution >= 0.6 is 0 Å². The molecule has 4 rings (SSSR count). The quantitative estimate of drug-likeness (QED) is 0.604. The Hall–Kier alpha value is -3.19. The number of benzene rings is 2. The summed E-state index contributed by atoms with van der Waals surface area (Å²) < 4.78 is 11.2. The van der Waals surface area contributed by atoms with Gasteiger partial charge in [0.1, 0.15) is 11.8 Å². The highest BCUT2D eigenvalue weighted by atomic mass is 16.5. The zero-order valence-corrected chi connectivity index (χ0v) is 20.0. The third-order valence-electron chi connectivity index (χ3n) is 6.83. The smallest absolute Gasteiger partial charge is 0.262 e. The molecule has 1 fully saturated rings. The molecule has 2 aromatic rings. The van der Waals surface area contributed by atoms with Crippen molar-refractivity contribution in [2.24, 2.45) is 5.92 Å². The summed E-state index contributed by atoms with van der Waals surface area (Å²) in [7, 11) is 0. The van der Waals surface area contributed by atoms with Gasteiger partial charge in [-0.3, -0.25) is 19.3 Å². The van der Waals surface area contributed by atoms with Gasteiger partial charge in [-0.05, 0) is 55.5 Å². The molecule has 2 aliphatic heterocycles. The van der Waals surface area contributed by atoms with Gasteiger partial charge >= 0.3 is 0 Å². The largest absolute Gasteiger partial charge is 0.494 e. The minimum absolute atomic E-state index is 0.238. The predicted molar refractivity (Wildman–Crippen MR) is 128 cm³/mol. The molecule has 1 saturated heterocycles. The topological polar surface area (TPSA) is 84.9 Å². The second kappa shape index (κ2) is 9.97. The van der Waals surface area contributed by atoms with Crippen molar-refractivity contribution in [3.63, 3.8) is 0 Å². The molecule has 0 aliphatic carbocycles. The summed E-state index contributed by atoms with van der Waals surface area (Å²) in [6.45, 7) is 7.86. The van der Waals surface area contributed by atoms with E-state index in [4.69, 9.17) is 9.47 Å². The maximum Gasteiger partial charge on any atom is 0.262 e. The Balaban J connectivity index is 1.54. The van der Waals surface area contributed by atoms with Crippen LogP contribution in [0.1, 0.15) is 59.9 Å². The first kappa shape index (κ1) is 24.0. The van der Waals surface area contributed by atoms with Crippen molar-refractivity contribution >= 4 is 17.7 Å². The number of nitrogens with zero attached hydrogens (tertiary/aromatic N) is 1. The SMILES string of the molecule is CCOc1ccc(C2(CNC(=O)C(C(C)C)N3C(=O)c4ccccc4C3=O)CCOCC2)cc1. The lowest BCUT2D eigenvalue weighted by molar-refractivity contribution is -0.126. The molecule has 2 heterocycles. The van der Waals surface area contributed by atoms with Crippen molar-refractivity contribution in [1.29, 1.82) is 0 Å². The third kappa shape index (κ3) is 4.44. The van der Waals surface area contributed by atoms with Crippen LogP contribution in [0.5, 0.6) is 5.75 Å². The van der Waals surface area contributed by atoms with E-state index in [0.29, 0.717) is 37.5 Å². The van der Waals surface area contributed by atoms with Crippen LogP contribution in [0.15, 0.2) is 48.5 Å². The Bertz CT molecular complexity index is 1020. The van der Waals surface area contributed by atoms with Crippen LogP contribution in [-0.4, -0.2) is 55.0 Å². The molecule has 0 bridgehead atoms. The molecule has 0 aromatic heterocycles. The third-order valence-corrected chi connectivity index (χ3v) is 6.83. The number of fused-ring (bicyclic) bond motifs is 1. The Kier molecular flexibility index (Phi) is 7.03. The molecule has 7 heteroatoms. The monoisotopic (exact) mass is 464 g/mol. The summed E-state index contributed by atoms with van der Waals surface area (Å²) in [4.78, 5) is 40.6. The van der Waals surface area contributed by atoms with Crippen LogP contribution in [0.4, 0.5) is 0 Å². The van der Waals surface area contributed by atoms with E-state index in [9.17, 15) is 14.4 Å². The lowest BCUT2D eigenvalue weighted by Crippen LogP contribution is -2.54. The average molecular weight is 465 g/mol. The molecule has 0 saturated carbocycles. The van der Waals surface area contributed by atoms with Crippen LogP contribution in [-0.2, 0) is 14.9 Å². The van der Waals surface area contributed by atoms with Crippen molar-refractivity contribution in [2.75, 3.05) is 26.4 Å². The molecule has 0 radical (unpaired) electrons. The molecule has 7 nitrogen and oxygen atoms in total. The normalized spacial score (nSPS) is 18.1. The van der Waals surface area contributed by atoms with E-state index in [0.717, 1.165) is 29.1 Å². The number of carbonyl (C=O) groups is 3. The Morgan fingerprint density at radius 3 is 2.15 bits per heavy atom. The molecule has 34 heavy (non-hydrogen) atoms. The van der Waals surface area contributed by atoms with Crippen molar-refractivity contribution in [3.05, 3.63) is 65.2 Å². The summed E-state index contributed by atoms with van der Waals surface area (Å²) in [6, 6.07) is 13.8. The number of nitrogens with one attached hydrogen (secondary N) is 1. The minimum atomic E-state index is -0.885. The average Bonchev–Trinajstić information content (AvgIpc) is 3.09. The Morgan fingerprint density at radius 1 is 1.03 bits per heavy atom. The van der Waals surface area contributed by atoms with Gasteiger partial charge in [0.25, 0.3) is 11.8 Å². The molecule has 2 aliphatic rings. The summed E-state index contributed by atoms with van der Waals surface area (Å²) >= 11 is 0. The lowest BCUT2D eigenvalue weighted by atomic mass is 9.74. The predicted octanol–water partition coefficient (Wildman–Crippen LogP) is 3.57. The molecule has 180 valence electrons. The van der Waals surface area contributed by atoms with E-state index < -0.39 is 17.9 Å². The zero-order chi connectivity index (χ0) is 24.3. The number of imide groups is 1. The molecule has 0 spiro atoms. The van der Waals surface area contributed by atoms with Crippen LogP contribution in [0.25, 0.3) is 0 Å². The maximum absolute atomic E-state index is 13.5. The van der Waals surface area contributed by atoms with Gasteiger partial charge in [-0.1, -0.05) is 38.1 Å². The molecule has 3 amide bonds. The first-order valence-electron chi connectivity index (χ1n) is 11.9. The fraction of sp³-hybridized carbons (Fsp3) is 0.444. The van der Waals surface area contributed by atoms with Crippen molar-refractivity contribution in [1.82, 2.24) is 10.2 Å². The van der Waals surface area contributed by atoms with Crippen LogP contribution in [0, 0.1) is 5.92 Å². The van der Waals surface area contributed by atoms with Crippen LogP contribution < -0.4 is 10.1 Å². The number of hydrogen-bond acceptors (Lipinski definition) is 5. The zero-order valence-electron chi connectivity index (χ0n) is 20.0. The van der Waals surface area contributed by atoms with Crippen molar-refractivity contribution in [3.8, 4) is 5.75 Å². The van der Waals surface area contributed by atoms with E-state index >= 15 is 0 Å². The molecular weight excluding hydrogens is 432 g/mol. The lowest BCUT2D eigenvalue weighted by Gasteiger charge is -2.39. The van der Waals surface area contributed by atoms with Gasteiger partial charge in [0.05, 0.1) is 17.7 Å². The summed E-state index contributed by atoms with van der Waals surface area (Å²) in [5.41, 5.74) is 1.52. The van der Waals surface area contributed by atoms with Crippen molar-refractivity contribution in [2.45, 2.75) is 45.1 Å². The molecule has 2 aromatic carbocycles. The molecular formula is C27H32N2O5. The second-order valence-corrected chi connectivity index (χ2v) is 9.28. The molecule has 1 unspecified atom stereocenters. The summed E-state index contributed by atoms with van der Waals surface area (Å²) in [5, 5.41) is 3.09. The van der Waals surface area contributed by atoms with E-state index in [1.54, 1.807) is 24.3 Å². The summed E-state index contributed by atoms with van der Waals surface area (Å²) in [5.74, 6) is -0.578. The number of carbonyl (C=O) groups excluding carboxylic acids is 3. The highest BCUT2D eigenvalue weighted by molar-refractivity contribution is 6.22. The van der Waals surface area contributed by atoms with Gasteiger partial charge in [-0.15, -0.1) is 0 Å². The molecule has 1 atom stereocenters. The van der Waals surface area contributed by atoms with Gasteiger partial charge in [0.2, 0.25) is 5.91 Å². The van der Waals surface area contributed by atoms with Crippen LogP contribution in [0.2, 0.25) is 0 Å². The van der Waals surface area contributed by atoms with Gasteiger partial charge in [0.15, 0.2) is 0 Å². The fourth-order valence-corrected chi connectivity index (χ4v) is 4.94. The standard InChI is InChI=1S/C27H32N2O5/c1-4-34-20-11-9-19(10-12-20)27(13-15-33-16-14-27)17-28-24(30)23(18(2)3)29-25(31)21-7-5-6-8-22(21)26(29)32/h5-12,18,23H,4,13-17H2,1-3H3,(H,28,30). The number of ether oxygens (including phenoxy) is 2. The Morgan fingerprint density at radius 2 is 1.62 bits per heavy atom.